The van der Waals surface area contributed by atoms with Crippen LogP contribution in [0.2, 0.25) is 0 Å². The minimum absolute atomic E-state index is 0.0921. The summed E-state index contributed by atoms with van der Waals surface area (Å²) in [5, 5.41) is 13.6. The first-order chi connectivity index (χ1) is 21.8. The lowest BCUT2D eigenvalue weighted by Crippen LogP contribution is -2.53. The molecule has 3 aromatic carbocycles. The summed E-state index contributed by atoms with van der Waals surface area (Å²) in [6.07, 6.45) is 3.83. The number of aliphatic hydroxyl groups is 1. The van der Waals surface area contributed by atoms with Crippen LogP contribution in [-0.4, -0.2) is 48.2 Å². The van der Waals surface area contributed by atoms with Crippen LogP contribution in [0.4, 0.5) is 4.79 Å². The van der Waals surface area contributed by atoms with E-state index in [0.29, 0.717) is 32.4 Å². The van der Waals surface area contributed by atoms with Gasteiger partial charge in [-0.05, 0) is 59.2 Å². The second kappa shape index (κ2) is 17.5. The zero-order chi connectivity index (χ0) is 32.8. The molecule has 238 valence electrons. The van der Waals surface area contributed by atoms with Gasteiger partial charge in [-0.2, -0.15) is 0 Å². The summed E-state index contributed by atoms with van der Waals surface area (Å²) < 4.78 is 6.76. The molecule has 1 aliphatic rings. The summed E-state index contributed by atoms with van der Waals surface area (Å²) in [5.41, 5.74) is 3.66. The highest BCUT2D eigenvalue weighted by Crippen LogP contribution is 2.37. The number of piperidine rings is 1. The van der Waals surface area contributed by atoms with Crippen molar-refractivity contribution in [3.05, 3.63) is 143 Å². The van der Waals surface area contributed by atoms with Crippen molar-refractivity contribution in [2.24, 2.45) is 0 Å². The van der Waals surface area contributed by atoms with E-state index in [1.807, 2.05) is 98.8 Å². The summed E-state index contributed by atoms with van der Waals surface area (Å²) in [7, 11) is 0. The van der Waals surface area contributed by atoms with Crippen molar-refractivity contribution in [2.75, 3.05) is 26.2 Å². The molecular formula is C38H45BrN2O4. The van der Waals surface area contributed by atoms with Crippen LogP contribution in [0.5, 0.6) is 0 Å². The standard InChI is InChI=1S/C36H39BrN2O4.C2H6/c1-4-11-27-12-9-10-15-31(27)32(26(3)5-2)25-43-35(42)39-22-20-36(21-23-39,29-16-18-30(37)19-17-29)34(41)38-24-33(40)28-13-7-6-8-14-28;1-2/h4-10,12-19,32-33,40H,1-3,11,20-25H2,(H,38,41);1-2H3. The zero-order valence-electron chi connectivity index (χ0n) is 26.4. The number of hydrogen-bond acceptors (Lipinski definition) is 4. The van der Waals surface area contributed by atoms with Gasteiger partial charge in [-0.25, -0.2) is 4.79 Å². The van der Waals surface area contributed by atoms with E-state index in [4.69, 9.17) is 4.74 Å². The van der Waals surface area contributed by atoms with E-state index in [0.717, 1.165) is 32.3 Å². The molecule has 6 nitrogen and oxygen atoms in total. The van der Waals surface area contributed by atoms with Gasteiger partial charge < -0.3 is 20.1 Å². The Labute approximate surface area is 276 Å². The predicted molar refractivity (Wildman–Crippen MR) is 186 cm³/mol. The molecule has 3 aromatic rings. The molecule has 0 aliphatic carbocycles. The van der Waals surface area contributed by atoms with Crippen molar-refractivity contribution in [3.8, 4) is 0 Å². The van der Waals surface area contributed by atoms with Crippen LogP contribution in [0.1, 0.15) is 61.0 Å². The molecule has 0 bridgehead atoms. The van der Waals surface area contributed by atoms with Crippen molar-refractivity contribution in [1.82, 2.24) is 10.2 Å². The molecule has 7 heteroatoms. The van der Waals surface area contributed by atoms with E-state index in [-0.39, 0.29) is 25.0 Å². The molecule has 2 amide bonds. The average molecular weight is 674 g/mol. The van der Waals surface area contributed by atoms with E-state index in [1.54, 1.807) is 11.0 Å². The van der Waals surface area contributed by atoms with E-state index in [9.17, 15) is 14.7 Å². The topological polar surface area (TPSA) is 78.9 Å². The maximum absolute atomic E-state index is 13.8. The highest BCUT2D eigenvalue weighted by atomic mass is 79.9. The quantitative estimate of drug-likeness (QED) is 0.151. The SMILES string of the molecule is C=CCc1ccccc1C(COC(=O)N1CCC(C(=O)NCC(O)c2ccccc2)(c2ccc(Br)cc2)CC1)C(=C)C=C.CC. The van der Waals surface area contributed by atoms with Gasteiger partial charge in [0.1, 0.15) is 6.61 Å². The molecule has 2 atom stereocenters. The van der Waals surface area contributed by atoms with Gasteiger partial charge in [0, 0.05) is 30.0 Å². The average Bonchev–Trinajstić information content (AvgIpc) is 3.09. The van der Waals surface area contributed by atoms with Gasteiger partial charge in [0.05, 0.1) is 11.5 Å². The molecule has 1 saturated heterocycles. The molecule has 4 rings (SSSR count). The highest BCUT2D eigenvalue weighted by Gasteiger charge is 2.44. The number of allylic oxidation sites excluding steroid dienone is 2. The van der Waals surface area contributed by atoms with Crippen molar-refractivity contribution in [1.29, 1.82) is 0 Å². The molecule has 0 saturated carbocycles. The summed E-state index contributed by atoms with van der Waals surface area (Å²) in [5.74, 6) is -0.398. The number of halogens is 1. The van der Waals surface area contributed by atoms with Crippen molar-refractivity contribution in [3.63, 3.8) is 0 Å². The molecule has 1 heterocycles. The molecule has 2 N–H and O–H groups in total. The van der Waals surface area contributed by atoms with E-state index in [1.165, 1.54) is 0 Å². The highest BCUT2D eigenvalue weighted by molar-refractivity contribution is 9.10. The van der Waals surface area contributed by atoms with E-state index < -0.39 is 17.6 Å². The summed E-state index contributed by atoms with van der Waals surface area (Å²) in [6, 6.07) is 25.0. The lowest BCUT2D eigenvalue weighted by molar-refractivity contribution is -0.129. The number of nitrogens with zero attached hydrogens (tertiary/aromatic N) is 1. The number of carbonyl (C=O) groups excluding carboxylic acids is 2. The van der Waals surface area contributed by atoms with Gasteiger partial charge in [-0.1, -0.05) is 122 Å². The maximum Gasteiger partial charge on any atom is 0.409 e. The third kappa shape index (κ3) is 9.05. The number of ether oxygens (including phenoxy) is 1. The molecule has 0 spiro atoms. The molecule has 45 heavy (non-hydrogen) atoms. The number of hydrogen-bond donors (Lipinski definition) is 2. The van der Waals surface area contributed by atoms with Crippen LogP contribution in [-0.2, 0) is 21.4 Å². The molecule has 1 fully saturated rings. The van der Waals surface area contributed by atoms with Crippen molar-refractivity contribution >= 4 is 27.9 Å². The summed E-state index contributed by atoms with van der Waals surface area (Å²) >= 11 is 3.48. The van der Waals surface area contributed by atoms with Gasteiger partial charge in [0.15, 0.2) is 0 Å². The number of carbonyl (C=O) groups is 2. The first-order valence-electron chi connectivity index (χ1n) is 15.5. The molecule has 0 aromatic heterocycles. The Bertz CT molecular complexity index is 1430. The molecule has 0 radical (unpaired) electrons. The summed E-state index contributed by atoms with van der Waals surface area (Å²) in [4.78, 5) is 28.7. The number of aliphatic hydroxyl groups excluding tert-OH is 1. The normalized spacial score (nSPS) is 15.0. The maximum atomic E-state index is 13.8. The van der Waals surface area contributed by atoms with Crippen LogP contribution >= 0.6 is 15.9 Å². The number of likely N-dealkylation sites (tertiary alicyclic amines) is 1. The fraction of sp³-hybridized carbons (Fsp3) is 0.316. The first-order valence-corrected chi connectivity index (χ1v) is 16.3. The monoisotopic (exact) mass is 672 g/mol. The molecular weight excluding hydrogens is 628 g/mol. The Morgan fingerprint density at radius 3 is 2.24 bits per heavy atom. The number of amides is 2. The van der Waals surface area contributed by atoms with Crippen LogP contribution in [0.15, 0.2) is 121 Å². The Morgan fingerprint density at radius 1 is 1.00 bits per heavy atom. The minimum Gasteiger partial charge on any atom is -0.448 e. The first kappa shape index (κ1) is 35.5. The largest absolute Gasteiger partial charge is 0.448 e. The van der Waals surface area contributed by atoms with Gasteiger partial charge in [0.25, 0.3) is 0 Å². The van der Waals surface area contributed by atoms with Gasteiger partial charge >= 0.3 is 6.09 Å². The zero-order valence-corrected chi connectivity index (χ0v) is 28.0. The fourth-order valence-electron chi connectivity index (χ4n) is 5.64. The number of rotatable bonds is 12. The van der Waals surface area contributed by atoms with Crippen LogP contribution < -0.4 is 5.32 Å². The van der Waals surface area contributed by atoms with Gasteiger partial charge in [0.2, 0.25) is 5.91 Å². The number of benzene rings is 3. The van der Waals surface area contributed by atoms with Gasteiger partial charge in [-0.3, -0.25) is 4.79 Å². The number of nitrogens with one attached hydrogen (secondary N) is 1. The molecule has 1 aliphatic heterocycles. The van der Waals surface area contributed by atoms with Crippen LogP contribution in [0.25, 0.3) is 0 Å². The van der Waals surface area contributed by atoms with Crippen molar-refractivity contribution in [2.45, 2.75) is 50.5 Å². The fourth-order valence-corrected chi connectivity index (χ4v) is 5.90. The smallest absolute Gasteiger partial charge is 0.409 e. The third-order valence-corrected chi connectivity index (χ3v) is 8.75. The predicted octanol–water partition coefficient (Wildman–Crippen LogP) is 8.05. The molecule has 2 unspecified atom stereocenters. The Kier molecular flexibility index (Phi) is 13.8. The Balaban J connectivity index is 0.00000271. The second-order valence-electron chi connectivity index (χ2n) is 10.8. The minimum atomic E-state index is -0.850. The Hall–Kier alpha value is -3.94. The summed E-state index contributed by atoms with van der Waals surface area (Å²) in [6.45, 7) is 16.8. The second-order valence-corrected chi connectivity index (χ2v) is 11.7. The van der Waals surface area contributed by atoms with Crippen LogP contribution in [0, 0.1) is 0 Å². The lowest BCUT2D eigenvalue weighted by atomic mass is 9.72. The Morgan fingerprint density at radius 2 is 1.62 bits per heavy atom. The van der Waals surface area contributed by atoms with Gasteiger partial charge in [-0.15, -0.1) is 6.58 Å². The van der Waals surface area contributed by atoms with Crippen molar-refractivity contribution < 1.29 is 19.4 Å². The third-order valence-electron chi connectivity index (χ3n) is 8.22. The lowest BCUT2D eigenvalue weighted by Gasteiger charge is -2.41. The van der Waals surface area contributed by atoms with E-state index in [2.05, 4.69) is 41.0 Å². The van der Waals surface area contributed by atoms with Crippen LogP contribution in [0.3, 0.4) is 0 Å². The van der Waals surface area contributed by atoms with E-state index >= 15 is 0 Å².